The summed E-state index contributed by atoms with van der Waals surface area (Å²) in [4.78, 5) is 0. The zero-order valence-electron chi connectivity index (χ0n) is 12.8. The van der Waals surface area contributed by atoms with Crippen molar-refractivity contribution >= 4 is 0 Å². The maximum absolute atomic E-state index is 14.1. The van der Waals surface area contributed by atoms with Crippen molar-refractivity contribution in [3.8, 4) is 0 Å². The monoisotopic (exact) mass is 290 g/mol. The van der Waals surface area contributed by atoms with Crippen molar-refractivity contribution in [2.75, 3.05) is 0 Å². The van der Waals surface area contributed by atoms with Crippen LogP contribution >= 0.6 is 0 Å². The molecule has 114 valence electrons. The Bertz CT molecular complexity index is 414. The minimum Gasteiger partial charge on any atom is -0.201 e. The summed E-state index contributed by atoms with van der Waals surface area (Å²) in [5.74, 6) is -6.13. The maximum atomic E-state index is 14.1. The number of rotatable bonds is 2. The lowest BCUT2D eigenvalue weighted by molar-refractivity contribution is -0.107. The summed E-state index contributed by atoms with van der Waals surface area (Å²) in [5, 5.41) is 0. The van der Waals surface area contributed by atoms with Gasteiger partial charge in [-0.15, -0.1) is 0 Å². The van der Waals surface area contributed by atoms with E-state index in [0.29, 0.717) is 0 Å². The number of hydrogen-bond donors (Lipinski definition) is 0. The van der Waals surface area contributed by atoms with Crippen molar-refractivity contribution in [2.24, 2.45) is 10.8 Å². The Morgan fingerprint density at radius 1 is 0.550 bits per heavy atom. The van der Waals surface area contributed by atoms with Crippen LogP contribution in [0.15, 0.2) is 24.3 Å². The molecule has 4 heteroatoms. The normalized spacial score (nSPS) is 14.5. The fraction of sp³-hybridized carbons (Fsp3) is 0.625. The average Bonchev–Trinajstić information content (AvgIpc) is 2.26. The molecule has 0 atom stereocenters. The summed E-state index contributed by atoms with van der Waals surface area (Å²) >= 11 is 0. The van der Waals surface area contributed by atoms with E-state index in [9.17, 15) is 17.6 Å². The second-order valence-corrected chi connectivity index (χ2v) is 7.23. The van der Waals surface area contributed by atoms with E-state index < -0.39 is 22.7 Å². The average molecular weight is 290 g/mol. The van der Waals surface area contributed by atoms with Crippen LogP contribution in [0.3, 0.4) is 0 Å². The van der Waals surface area contributed by atoms with Crippen LogP contribution in [0, 0.1) is 10.8 Å². The van der Waals surface area contributed by atoms with Gasteiger partial charge in [0.15, 0.2) is 0 Å². The molecule has 0 amide bonds. The first kappa shape index (κ1) is 17.0. The molecule has 0 bridgehead atoms. The first-order valence-electron chi connectivity index (χ1n) is 6.58. The van der Waals surface area contributed by atoms with Crippen LogP contribution < -0.4 is 0 Å². The molecule has 0 aromatic heterocycles. The van der Waals surface area contributed by atoms with Crippen LogP contribution in [-0.4, -0.2) is 0 Å². The van der Waals surface area contributed by atoms with E-state index in [4.69, 9.17) is 0 Å². The molecule has 1 aromatic carbocycles. The van der Waals surface area contributed by atoms with E-state index >= 15 is 0 Å². The third-order valence-electron chi connectivity index (χ3n) is 3.49. The summed E-state index contributed by atoms with van der Waals surface area (Å²) in [7, 11) is 0. The van der Waals surface area contributed by atoms with Gasteiger partial charge in [0, 0.05) is 22.0 Å². The highest BCUT2D eigenvalue weighted by molar-refractivity contribution is 5.30. The number of benzene rings is 1. The first-order valence-corrected chi connectivity index (χ1v) is 6.58. The minimum absolute atomic E-state index is 0.238. The molecule has 1 rings (SSSR count). The first-order chi connectivity index (χ1) is 8.71. The van der Waals surface area contributed by atoms with Gasteiger partial charge in [-0.25, -0.2) is 17.6 Å². The minimum atomic E-state index is -3.07. The molecule has 0 unspecified atom stereocenters. The predicted molar refractivity (Wildman–Crippen MR) is 73.1 cm³/mol. The van der Waals surface area contributed by atoms with Gasteiger partial charge in [0.25, 0.3) is 11.8 Å². The summed E-state index contributed by atoms with van der Waals surface area (Å²) in [6.45, 7) is 8.53. The molecule has 0 spiro atoms. The van der Waals surface area contributed by atoms with Crippen LogP contribution in [0.4, 0.5) is 17.6 Å². The van der Waals surface area contributed by atoms with Gasteiger partial charge in [0.05, 0.1) is 0 Å². The summed E-state index contributed by atoms with van der Waals surface area (Å²) in [6.07, 6.45) is 0. The Balaban J connectivity index is 3.20. The van der Waals surface area contributed by atoms with Gasteiger partial charge in [0.2, 0.25) is 0 Å². The van der Waals surface area contributed by atoms with Crippen molar-refractivity contribution in [1.29, 1.82) is 0 Å². The molecular weight excluding hydrogens is 268 g/mol. The highest BCUT2D eigenvalue weighted by atomic mass is 19.3. The standard InChI is InChI=1S/C16H22F4/c1-13(2,3)15(17,18)11-7-9-12(10-8-11)16(19,20)14(4,5)6/h7-10H,1-6H3. The van der Waals surface area contributed by atoms with Crippen molar-refractivity contribution in [2.45, 2.75) is 53.4 Å². The fourth-order valence-corrected chi connectivity index (χ4v) is 1.75. The molecular formula is C16H22F4. The molecule has 0 radical (unpaired) electrons. The topological polar surface area (TPSA) is 0 Å². The van der Waals surface area contributed by atoms with E-state index in [1.807, 2.05) is 0 Å². The van der Waals surface area contributed by atoms with Crippen molar-refractivity contribution in [1.82, 2.24) is 0 Å². The van der Waals surface area contributed by atoms with Gasteiger partial charge in [0.1, 0.15) is 0 Å². The number of alkyl halides is 4. The third kappa shape index (κ3) is 2.84. The Kier molecular flexibility index (Phi) is 4.03. The van der Waals surface area contributed by atoms with Crippen LogP contribution in [-0.2, 0) is 11.8 Å². The van der Waals surface area contributed by atoms with E-state index in [-0.39, 0.29) is 11.1 Å². The van der Waals surface area contributed by atoms with Crippen molar-refractivity contribution in [3.63, 3.8) is 0 Å². The second kappa shape index (κ2) is 4.74. The Morgan fingerprint density at radius 3 is 0.900 bits per heavy atom. The van der Waals surface area contributed by atoms with Crippen LogP contribution in [0.5, 0.6) is 0 Å². The van der Waals surface area contributed by atoms with Gasteiger partial charge < -0.3 is 0 Å². The molecule has 1 aromatic rings. The largest absolute Gasteiger partial charge is 0.277 e. The Hall–Kier alpha value is -1.06. The molecule has 0 aliphatic heterocycles. The maximum Gasteiger partial charge on any atom is 0.277 e. The predicted octanol–water partition coefficient (Wildman–Crippen LogP) is 5.96. The van der Waals surface area contributed by atoms with Crippen LogP contribution in [0.25, 0.3) is 0 Å². The van der Waals surface area contributed by atoms with Gasteiger partial charge in [-0.2, -0.15) is 0 Å². The summed E-state index contributed by atoms with van der Waals surface area (Å²) in [5.41, 5.74) is -3.00. The molecule has 0 aliphatic carbocycles. The van der Waals surface area contributed by atoms with Crippen molar-refractivity contribution < 1.29 is 17.6 Å². The molecule has 0 N–H and O–H groups in total. The summed E-state index contributed by atoms with van der Waals surface area (Å²) < 4.78 is 56.6. The van der Waals surface area contributed by atoms with Gasteiger partial charge >= 0.3 is 0 Å². The molecule has 20 heavy (non-hydrogen) atoms. The highest BCUT2D eigenvalue weighted by Gasteiger charge is 2.47. The van der Waals surface area contributed by atoms with E-state index in [0.717, 1.165) is 24.3 Å². The highest BCUT2D eigenvalue weighted by Crippen LogP contribution is 2.47. The van der Waals surface area contributed by atoms with Gasteiger partial charge in [-0.1, -0.05) is 65.8 Å². The number of hydrogen-bond acceptors (Lipinski definition) is 0. The lowest BCUT2D eigenvalue weighted by atomic mass is 9.81. The molecule has 0 aliphatic rings. The van der Waals surface area contributed by atoms with E-state index in [1.54, 1.807) is 0 Å². The number of halogens is 4. The fourth-order valence-electron chi connectivity index (χ4n) is 1.75. The van der Waals surface area contributed by atoms with Gasteiger partial charge in [-0.3, -0.25) is 0 Å². The van der Waals surface area contributed by atoms with Crippen LogP contribution in [0.1, 0.15) is 52.7 Å². The lowest BCUT2D eigenvalue weighted by Gasteiger charge is -2.32. The molecule has 0 nitrogen and oxygen atoms in total. The SMILES string of the molecule is CC(C)(C)C(F)(F)c1ccc(C(F)(F)C(C)(C)C)cc1. The van der Waals surface area contributed by atoms with E-state index in [1.165, 1.54) is 41.5 Å². The molecule has 0 saturated carbocycles. The zero-order chi connectivity index (χ0) is 16.0. The van der Waals surface area contributed by atoms with E-state index in [2.05, 4.69) is 0 Å². The molecule has 0 saturated heterocycles. The van der Waals surface area contributed by atoms with Crippen molar-refractivity contribution in [3.05, 3.63) is 35.4 Å². The Morgan fingerprint density at radius 2 is 0.750 bits per heavy atom. The lowest BCUT2D eigenvalue weighted by Crippen LogP contribution is -2.32. The molecule has 0 heterocycles. The molecule has 0 fully saturated rings. The smallest absolute Gasteiger partial charge is 0.201 e. The van der Waals surface area contributed by atoms with Crippen LogP contribution in [0.2, 0.25) is 0 Å². The summed E-state index contributed by atoms with van der Waals surface area (Å²) in [6, 6.07) is 4.39. The second-order valence-electron chi connectivity index (χ2n) is 7.23. The quantitative estimate of drug-likeness (QED) is 0.589. The zero-order valence-corrected chi connectivity index (χ0v) is 12.8. The Labute approximate surface area is 118 Å². The van der Waals surface area contributed by atoms with Gasteiger partial charge in [-0.05, 0) is 0 Å². The third-order valence-corrected chi connectivity index (χ3v) is 3.49.